The van der Waals surface area contributed by atoms with Gasteiger partial charge in [0.25, 0.3) is 0 Å². The van der Waals surface area contributed by atoms with Gasteiger partial charge in [0.1, 0.15) is 0 Å². The molecule has 0 amide bonds. The van der Waals surface area contributed by atoms with Gasteiger partial charge >= 0.3 is 0 Å². The molecule has 0 heterocycles. The third-order valence-corrected chi connectivity index (χ3v) is 2.60. The van der Waals surface area contributed by atoms with Gasteiger partial charge in [-0.05, 0) is 28.7 Å². The Balaban J connectivity index is 3.20. The molecule has 0 aliphatic rings. The molecule has 0 radical (unpaired) electrons. The van der Waals surface area contributed by atoms with Crippen molar-refractivity contribution in [3.63, 3.8) is 0 Å². The maximum absolute atomic E-state index is 6.67. The largest absolute Gasteiger partial charge is 0.238 e. The van der Waals surface area contributed by atoms with Crippen LogP contribution >= 0.6 is 34.2 Å². The van der Waals surface area contributed by atoms with Gasteiger partial charge in [0.2, 0.25) is 0 Å². The molecule has 0 bridgehead atoms. The summed E-state index contributed by atoms with van der Waals surface area (Å²) < 4.78 is 0.978. The van der Waals surface area contributed by atoms with E-state index in [-0.39, 0.29) is 0 Å². The number of benzene rings is 1. The number of rotatable bonds is 0. The van der Waals surface area contributed by atoms with E-state index in [1.165, 1.54) is 0 Å². The second-order valence-electron chi connectivity index (χ2n) is 1.71. The van der Waals surface area contributed by atoms with Crippen molar-refractivity contribution >= 4 is 39.9 Å². The minimum Gasteiger partial charge on any atom is -0.238 e. The third-order valence-electron chi connectivity index (χ3n) is 1.03. The molecule has 1 rings (SSSR count). The molecule has 1 aromatic carbocycles. The Bertz CT molecular complexity index is 290. The molecule has 0 atom stereocenters. The average molecular weight is 263 g/mol. The van der Waals surface area contributed by atoms with E-state index in [4.69, 9.17) is 18.2 Å². The van der Waals surface area contributed by atoms with Crippen molar-refractivity contribution < 1.29 is 0 Å². The number of hydrogen-bond acceptors (Lipinski definition) is 0. The fourth-order valence-electron chi connectivity index (χ4n) is 0.555. The van der Waals surface area contributed by atoms with E-state index >= 15 is 0 Å². The van der Waals surface area contributed by atoms with E-state index in [1.54, 1.807) is 12.1 Å². The minimum absolute atomic E-state index is 0.588. The lowest BCUT2D eigenvalue weighted by Crippen LogP contribution is -1.70. The smallest absolute Gasteiger partial charge is 0.188 e. The maximum Gasteiger partial charge on any atom is 0.188 e. The van der Waals surface area contributed by atoms with E-state index in [1.807, 2.05) is 6.07 Å². The molecule has 3 heteroatoms. The first-order chi connectivity index (χ1) is 4.74. The Morgan fingerprint density at radius 3 is 2.70 bits per heavy atom. The molecule has 1 nitrogen and oxygen atoms in total. The number of hydrogen-bond donors (Lipinski definition) is 0. The van der Waals surface area contributed by atoms with Crippen LogP contribution in [0.4, 0.5) is 5.69 Å². The van der Waals surface area contributed by atoms with Crippen molar-refractivity contribution in [1.82, 2.24) is 0 Å². The van der Waals surface area contributed by atoms with Crippen LogP contribution in [0.5, 0.6) is 0 Å². The first kappa shape index (κ1) is 7.83. The van der Waals surface area contributed by atoms with Gasteiger partial charge in [-0.15, -0.1) is 0 Å². The van der Waals surface area contributed by atoms with Gasteiger partial charge in [0, 0.05) is 8.59 Å². The lowest BCUT2D eigenvalue weighted by Gasteiger charge is -1.93. The molecule has 50 valence electrons. The van der Waals surface area contributed by atoms with Crippen LogP contribution in [0.2, 0.25) is 5.02 Å². The van der Waals surface area contributed by atoms with Gasteiger partial charge in [-0.25, -0.2) is 4.85 Å². The van der Waals surface area contributed by atoms with Gasteiger partial charge in [0.15, 0.2) is 5.69 Å². The molecule has 10 heavy (non-hydrogen) atoms. The van der Waals surface area contributed by atoms with E-state index in [0.29, 0.717) is 10.7 Å². The summed E-state index contributed by atoms with van der Waals surface area (Å²) >= 11 is 7.86. The van der Waals surface area contributed by atoms with Crippen molar-refractivity contribution in [3.8, 4) is 0 Å². The first-order valence-corrected chi connectivity index (χ1v) is 4.02. The molecule has 0 spiro atoms. The van der Waals surface area contributed by atoms with Crippen LogP contribution in [0.3, 0.4) is 0 Å². The van der Waals surface area contributed by atoms with Crippen molar-refractivity contribution in [1.29, 1.82) is 0 Å². The fraction of sp³-hybridized carbons (Fsp3) is 0. The van der Waals surface area contributed by atoms with Crippen LogP contribution in [0, 0.1) is 10.1 Å². The lowest BCUT2D eigenvalue weighted by atomic mass is 10.3. The highest BCUT2D eigenvalue weighted by Crippen LogP contribution is 2.23. The molecule has 0 N–H and O–H groups in total. The van der Waals surface area contributed by atoms with Crippen LogP contribution in [-0.2, 0) is 0 Å². The van der Waals surface area contributed by atoms with Crippen LogP contribution in [-0.4, -0.2) is 0 Å². The predicted octanol–water partition coefficient (Wildman–Crippen LogP) is 3.50. The third kappa shape index (κ3) is 1.61. The van der Waals surface area contributed by atoms with E-state index in [0.717, 1.165) is 3.57 Å². The number of nitrogens with zero attached hydrogens (tertiary/aromatic N) is 1. The summed E-state index contributed by atoms with van der Waals surface area (Å²) in [6.45, 7) is 6.67. The Labute approximate surface area is 78.0 Å². The highest BCUT2D eigenvalue weighted by molar-refractivity contribution is 14.1. The standard InChI is InChI=1S/C7H3ClIN/c1-10-5-2-3-7(9)6(8)4-5/h2-4H. The second kappa shape index (κ2) is 3.22. The predicted molar refractivity (Wildman–Crippen MR) is 50.4 cm³/mol. The topological polar surface area (TPSA) is 4.36 Å². The second-order valence-corrected chi connectivity index (χ2v) is 3.28. The summed E-state index contributed by atoms with van der Waals surface area (Å²) in [6.07, 6.45) is 0. The minimum atomic E-state index is 0.588. The zero-order valence-electron chi connectivity index (χ0n) is 4.94. The van der Waals surface area contributed by atoms with Crippen LogP contribution in [0.25, 0.3) is 4.85 Å². The van der Waals surface area contributed by atoms with E-state index in [2.05, 4.69) is 27.4 Å². The van der Waals surface area contributed by atoms with Crippen molar-refractivity contribution in [2.75, 3.05) is 0 Å². The molecule has 0 aliphatic carbocycles. The van der Waals surface area contributed by atoms with Crippen LogP contribution in [0.15, 0.2) is 18.2 Å². The molecule has 0 unspecified atom stereocenters. The van der Waals surface area contributed by atoms with Crippen LogP contribution < -0.4 is 0 Å². The van der Waals surface area contributed by atoms with Crippen molar-refractivity contribution in [3.05, 3.63) is 38.2 Å². The Kier molecular flexibility index (Phi) is 2.52. The Hall–Kier alpha value is -0.270. The zero-order valence-corrected chi connectivity index (χ0v) is 7.85. The van der Waals surface area contributed by atoms with Gasteiger partial charge in [-0.3, -0.25) is 0 Å². The summed E-state index contributed by atoms with van der Waals surface area (Å²) in [4.78, 5) is 3.23. The monoisotopic (exact) mass is 263 g/mol. The lowest BCUT2D eigenvalue weighted by molar-refractivity contribution is 1.65. The van der Waals surface area contributed by atoms with E-state index < -0.39 is 0 Å². The molecular weight excluding hydrogens is 260 g/mol. The van der Waals surface area contributed by atoms with Gasteiger partial charge in [0.05, 0.1) is 6.57 Å². The summed E-state index contributed by atoms with van der Waals surface area (Å²) in [6, 6.07) is 5.24. The summed E-state index contributed by atoms with van der Waals surface area (Å²) in [7, 11) is 0. The molecule has 0 saturated heterocycles. The molecule has 0 aliphatic heterocycles. The maximum atomic E-state index is 6.67. The first-order valence-electron chi connectivity index (χ1n) is 2.56. The van der Waals surface area contributed by atoms with Crippen LogP contribution in [0.1, 0.15) is 0 Å². The quantitative estimate of drug-likeness (QED) is 0.498. The zero-order chi connectivity index (χ0) is 7.56. The highest BCUT2D eigenvalue weighted by Gasteiger charge is 1.96. The summed E-state index contributed by atoms with van der Waals surface area (Å²) in [5.41, 5.74) is 0.588. The van der Waals surface area contributed by atoms with Gasteiger partial charge < -0.3 is 0 Å². The molecule has 1 aromatic rings. The fourth-order valence-corrected chi connectivity index (χ4v) is 1.06. The van der Waals surface area contributed by atoms with Crippen molar-refractivity contribution in [2.24, 2.45) is 0 Å². The molecule has 0 fully saturated rings. The molecule has 0 saturated carbocycles. The van der Waals surface area contributed by atoms with Crippen molar-refractivity contribution in [2.45, 2.75) is 0 Å². The summed E-state index contributed by atoms with van der Waals surface area (Å²) in [5, 5.41) is 0.647. The molecular formula is C7H3ClIN. The number of halogens is 2. The Morgan fingerprint density at radius 1 is 1.50 bits per heavy atom. The van der Waals surface area contributed by atoms with Gasteiger partial charge in [-0.2, -0.15) is 0 Å². The molecule has 0 aromatic heterocycles. The van der Waals surface area contributed by atoms with Gasteiger partial charge in [-0.1, -0.05) is 23.7 Å². The average Bonchev–Trinajstić information content (AvgIpc) is 1.95. The Morgan fingerprint density at radius 2 is 2.20 bits per heavy atom. The normalized spacial score (nSPS) is 8.90. The summed E-state index contributed by atoms with van der Waals surface area (Å²) in [5.74, 6) is 0. The highest BCUT2D eigenvalue weighted by atomic mass is 127. The SMILES string of the molecule is [C-]#[N+]c1ccc(I)c(Cl)c1. The van der Waals surface area contributed by atoms with E-state index in [9.17, 15) is 0 Å².